The van der Waals surface area contributed by atoms with Crippen LogP contribution in [-0.4, -0.2) is 72.8 Å². The molecule has 4 aliphatic rings. The molecule has 28 N–H and O–H groups in total. The summed E-state index contributed by atoms with van der Waals surface area (Å²) < 4.78 is 7.90. The van der Waals surface area contributed by atoms with Gasteiger partial charge in [-0.25, -0.2) is 18.7 Å². The number of benzene rings is 4. The number of ether oxygens (including phenoxy) is 1. The van der Waals surface area contributed by atoms with Gasteiger partial charge in [-0.2, -0.15) is 0 Å². The molecule has 4 aromatic carbocycles. The SMILES string of the molecule is COc1ccc(NC(=O)c2c3c(c(=O)n(N)c2N)C(N)=NC3)cc1.Cc1ccc(NC(=O)c2c3c(c(=O)n(N)c2N)C(N)=NC3)cc1.NC1=NCc2c(C(=O)Nc3ccc(Cl)cc3)c(N)n(N)c(=O)c21.NC1=NCc2c(C(=O)Nc3ccccc3)c(N)n(N)c(=O)c21. The minimum atomic E-state index is -0.584. The monoisotopic (exact) mass is 1270 g/mol. The summed E-state index contributed by atoms with van der Waals surface area (Å²) in [7, 11) is 1.55. The Morgan fingerprint density at radius 3 is 0.924 bits per heavy atom. The van der Waals surface area contributed by atoms with E-state index in [-0.39, 0.29) is 117 Å². The highest BCUT2D eigenvalue weighted by molar-refractivity contribution is 6.30. The number of fused-ring (bicyclic) bond motifs is 4. The van der Waals surface area contributed by atoms with Gasteiger partial charge in [0.1, 0.15) is 52.4 Å². The van der Waals surface area contributed by atoms with E-state index in [0.717, 1.165) is 10.2 Å². The number of carbonyl (C=O) groups is 4. The first-order chi connectivity index (χ1) is 43.7. The average Bonchev–Trinajstić information content (AvgIpc) is 1.52. The highest BCUT2D eigenvalue weighted by atomic mass is 35.5. The lowest BCUT2D eigenvalue weighted by Gasteiger charge is -2.14. The lowest BCUT2D eigenvalue weighted by atomic mass is 10.0. The summed E-state index contributed by atoms with van der Waals surface area (Å²) in [4.78, 5) is 115. The summed E-state index contributed by atoms with van der Waals surface area (Å²) in [5.41, 5.74) is 49.7. The van der Waals surface area contributed by atoms with Crippen molar-refractivity contribution in [3.8, 4) is 5.75 Å². The molecular weight excluding hydrogens is 1210 g/mol. The van der Waals surface area contributed by atoms with E-state index < -0.39 is 45.9 Å². The Bertz CT molecular complexity index is 4620. The molecule has 0 bridgehead atoms. The zero-order chi connectivity index (χ0) is 66.7. The van der Waals surface area contributed by atoms with E-state index >= 15 is 0 Å². The van der Waals surface area contributed by atoms with Crippen LogP contribution in [0.1, 0.15) is 91.5 Å². The van der Waals surface area contributed by atoms with Crippen molar-refractivity contribution in [2.45, 2.75) is 33.1 Å². The number of anilines is 8. The second-order valence-electron chi connectivity index (χ2n) is 20.2. The zero-order valence-electron chi connectivity index (χ0n) is 48.7. The van der Waals surface area contributed by atoms with E-state index in [9.17, 15) is 38.4 Å². The number of para-hydroxylation sites is 1. The average molecular weight is 1270 g/mol. The molecule has 0 atom stereocenters. The number of hydrogen-bond donors (Lipinski definition) is 16. The Morgan fingerprint density at radius 1 is 0.402 bits per heavy atom. The lowest BCUT2D eigenvalue weighted by molar-refractivity contribution is 0.101. The van der Waals surface area contributed by atoms with Gasteiger partial charge in [0, 0.05) is 50.0 Å². The van der Waals surface area contributed by atoms with Crippen molar-refractivity contribution < 1.29 is 23.9 Å². The van der Waals surface area contributed by atoms with Crippen LogP contribution < -0.4 is 117 Å². The van der Waals surface area contributed by atoms with Gasteiger partial charge >= 0.3 is 0 Å². The molecule has 34 heteroatoms. The number of methoxy groups -OCH3 is 1. The fourth-order valence-corrected chi connectivity index (χ4v) is 9.98. The number of amidine groups is 4. The van der Waals surface area contributed by atoms with Gasteiger partial charge in [-0.3, -0.25) is 58.3 Å². The smallest absolute Gasteiger partial charge is 0.281 e. The molecule has 4 aliphatic heterocycles. The quantitative estimate of drug-likeness (QED) is 0.0805. The molecule has 472 valence electrons. The third-order valence-corrected chi connectivity index (χ3v) is 14.8. The van der Waals surface area contributed by atoms with Gasteiger partial charge in [-0.1, -0.05) is 47.5 Å². The van der Waals surface area contributed by atoms with Crippen LogP contribution in [0, 0.1) is 6.92 Å². The summed E-state index contributed by atoms with van der Waals surface area (Å²) in [5.74, 6) is 21.0. The maximum Gasteiger partial charge on any atom is 0.281 e. The third kappa shape index (κ3) is 12.2. The first kappa shape index (κ1) is 63.4. The van der Waals surface area contributed by atoms with Crippen LogP contribution in [0.2, 0.25) is 5.02 Å². The molecule has 4 amide bonds. The van der Waals surface area contributed by atoms with Crippen molar-refractivity contribution in [2.24, 2.45) is 42.9 Å². The second kappa shape index (κ2) is 25.7. The van der Waals surface area contributed by atoms with Crippen molar-refractivity contribution in [1.29, 1.82) is 0 Å². The Morgan fingerprint density at radius 2 is 0.652 bits per heavy atom. The first-order valence-corrected chi connectivity index (χ1v) is 27.4. The molecule has 0 saturated carbocycles. The molecule has 0 radical (unpaired) electrons. The highest BCUT2D eigenvalue weighted by Gasteiger charge is 2.33. The van der Waals surface area contributed by atoms with E-state index in [1.165, 1.54) is 0 Å². The number of nitrogens with one attached hydrogen (secondary N) is 4. The highest BCUT2D eigenvalue weighted by Crippen LogP contribution is 2.29. The van der Waals surface area contributed by atoms with Crippen LogP contribution in [-0.2, 0) is 26.2 Å². The molecule has 0 spiro atoms. The number of carbonyl (C=O) groups excluding carboxylic acids is 4. The van der Waals surface area contributed by atoms with Gasteiger partial charge in [0.15, 0.2) is 0 Å². The van der Waals surface area contributed by atoms with Crippen LogP contribution in [0.5, 0.6) is 5.75 Å². The maximum atomic E-state index is 12.6. The Labute approximate surface area is 523 Å². The summed E-state index contributed by atoms with van der Waals surface area (Å²) in [6, 6.07) is 29.5. The second-order valence-corrected chi connectivity index (χ2v) is 20.7. The lowest BCUT2D eigenvalue weighted by Crippen LogP contribution is -2.38. The minimum absolute atomic E-state index is 0.0461. The van der Waals surface area contributed by atoms with Crippen molar-refractivity contribution in [3.05, 3.63) is 222 Å². The standard InChI is InChI=1S/C15H16N6O3.C15H16N6O2.C14H13ClN6O2.C14H14N6O2/c1-24-8-4-2-7(3-5-8)20-14(22)11-9-6-19-12(16)10(9)15(23)21(18)13(11)17;1-7-2-4-8(5-3-7)20-14(22)11-9-6-19-12(16)10(9)15(23)21(18)13(11)17;15-6-1-3-7(4-2-6)20-13(22)10-8-5-19-11(16)9(8)14(23)21(18)12(10)17;15-11-9-8(6-18-11)10(12(16)20(17)14(9)22)13(21)19-7-4-2-1-3-5-7/h2-5H,6,17-18H2,1H3,(H2,16,19)(H,20,22);2-5H,6,17-18H2,1H3,(H2,16,19)(H,20,22);1-4H,5,17-18H2,(H2,16,19)(H,20,22);1-5H,6,16-17H2,(H2,15,18)(H,19,21). The van der Waals surface area contributed by atoms with Crippen LogP contribution in [0.15, 0.2) is 142 Å². The third-order valence-electron chi connectivity index (χ3n) is 14.6. The number of nitrogen functional groups attached to an aromatic ring is 8. The van der Waals surface area contributed by atoms with Gasteiger partial charge in [0.25, 0.3) is 45.9 Å². The Kier molecular flexibility index (Phi) is 17.7. The molecule has 92 heavy (non-hydrogen) atoms. The number of amides is 4. The normalized spacial score (nSPS) is 12.6. The van der Waals surface area contributed by atoms with Gasteiger partial charge in [0.2, 0.25) is 0 Å². The van der Waals surface area contributed by atoms with Gasteiger partial charge < -0.3 is 95.2 Å². The number of halogens is 1. The fourth-order valence-electron chi connectivity index (χ4n) is 9.85. The molecule has 8 aromatic rings. The molecule has 0 fully saturated rings. The first-order valence-electron chi connectivity index (χ1n) is 27.0. The van der Waals surface area contributed by atoms with Crippen molar-refractivity contribution in [3.63, 3.8) is 0 Å². The largest absolute Gasteiger partial charge is 0.497 e. The minimum Gasteiger partial charge on any atom is -0.497 e. The van der Waals surface area contributed by atoms with Gasteiger partial charge in [-0.05, 0) is 79.7 Å². The number of aliphatic imine (C=N–C) groups is 4. The molecule has 4 aromatic heterocycles. The predicted molar refractivity (Wildman–Crippen MR) is 353 cm³/mol. The van der Waals surface area contributed by atoms with E-state index in [2.05, 4.69) is 41.2 Å². The fraction of sp³-hybridized carbons (Fsp3) is 0.103. The molecular formula is C58H59ClN24O9. The van der Waals surface area contributed by atoms with Gasteiger partial charge in [-0.15, -0.1) is 0 Å². The zero-order valence-corrected chi connectivity index (χ0v) is 49.5. The summed E-state index contributed by atoms with van der Waals surface area (Å²) in [6.45, 7) is 2.40. The molecule has 12 rings (SSSR count). The number of rotatable bonds is 9. The number of hydrogen-bond acceptors (Lipinski definition) is 25. The van der Waals surface area contributed by atoms with Crippen LogP contribution in [0.3, 0.4) is 0 Å². The molecule has 0 saturated heterocycles. The van der Waals surface area contributed by atoms with Crippen molar-refractivity contribution in [1.82, 2.24) is 18.7 Å². The van der Waals surface area contributed by atoms with E-state index in [4.69, 9.17) is 85.6 Å². The molecule has 0 unspecified atom stereocenters. The molecule has 33 nitrogen and oxygen atoms in total. The predicted octanol–water partition coefficient (Wildman–Crippen LogP) is -0.568. The summed E-state index contributed by atoms with van der Waals surface area (Å²) >= 11 is 5.81. The van der Waals surface area contributed by atoms with E-state index in [0.29, 0.717) is 69.8 Å². The number of aryl methyl sites for hydroxylation is 1. The Hall–Kier alpha value is -13.1. The number of pyridine rings is 4. The number of aromatic nitrogens is 4. The maximum absolute atomic E-state index is 12.6. The van der Waals surface area contributed by atoms with Crippen LogP contribution in [0.4, 0.5) is 46.0 Å². The topological polar surface area (TPSA) is 575 Å². The Balaban J connectivity index is 0.000000145. The van der Waals surface area contributed by atoms with Crippen molar-refractivity contribution in [2.75, 3.05) is 74.7 Å². The molecule has 0 aliphatic carbocycles. The van der Waals surface area contributed by atoms with Crippen LogP contribution >= 0.6 is 11.6 Å². The van der Waals surface area contributed by atoms with E-state index in [1.54, 1.807) is 92.0 Å². The number of nitrogens with two attached hydrogens (primary N) is 12. The van der Waals surface area contributed by atoms with E-state index in [1.807, 2.05) is 25.1 Å². The summed E-state index contributed by atoms with van der Waals surface area (Å²) in [6.07, 6.45) is 0. The van der Waals surface area contributed by atoms with Crippen LogP contribution in [0.25, 0.3) is 0 Å². The van der Waals surface area contributed by atoms with Crippen molar-refractivity contribution >= 4 is 105 Å². The summed E-state index contributed by atoms with van der Waals surface area (Å²) in [5, 5.41) is 11.4. The number of nitrogens with zero attached hydrogens (tertiary/aromatic N) is 8. The molecule has 8 heterocycles. The van der Waals surface area contributed by atoms with Gasteiger partial charge in [0.05, 0.1) is 77.8 Å².